The lowest BCUT2D eigenvalue weighted by molar-refractivity contribution is -0.121. The fourth-order valence-corrected chi connectivity index (χ4v) is 3.72. The second-order valence-corrected chi connectivity index (χ2v) is 7.05. The third-order valence-electron chi connectivity index (χ3n) is 5.09. The Hall–Kier alpha value is -1.84. The van der Waals surface area contributed by atoms with Gasteiger partial charge in [-0.3, -0.25) is 4.79 Å². The second kappa shape index (κ2) is 8.86. The Labute approximate surface area is 144 Å². The van der Waals surface area contributed by atoms with E-state index in [2.05, 4.69) is 15.3 Å². The third kappa shape index (κ3) is 5.08. The highest BCUT2D eigenvalue weighted by atomic mass is 16.1. The molecule has 0 atom stereocenters. The van der Waals surface area contributed by atoms with E-state index in [1.807, 2.05) is 24.3 Å². The molecule has 2 N–H and O–H groups in total. The van der Waals surface area contributed by atoms with Crippen LogP contribution in [-0.2, 0) is 11.2 Å². The maximum Gasteiger partial charge on any atom is 0.220 e. The van der Waals surface area contributed by atoms with Crippen LogP contribution in [0.4, 0.5) is 0 Å². The summed E-state index contributed by atoms with van der Waals surface area (Å²) in [5.41, 5.74) is 2.07. The Bertz CT molecular complexity index is 610. The first-order valence-electron chi connectivity index (χ1n) is 9.51. The number of nitrogens with one attached hydrogen (secondary N) is 2. The van der Waals surface area contributed by atoms with E-state index in [0.29, 0.717) is 6.42 Å². The van der Waals surface area contributed by atoms with Gasteiger partial charge in [0.1, 0.15) is 5.82 Å². The molecule has 2 aromatic rings. The molecule has 1 heterocycles. The largest absolute Gasteiger partial charge is 0.356 e. The molecular formula is C20H29N3O. The van der Waals surface area contributed by atoms with Gasteiger partial charge >= 0.3 is 0 Å². The highest BCUT2D eigenvalue weighted by Crippen LogP contribution is 2.26. The van der Waals surface area contributed by atoms with Gasteiger partial charge < -0.3 is 10.3 Å². The second-order valence-electron chi connectivity index (χ2n) is 7.05. The smallest absolute Gasteiger partial charge is 0.220 e. The third-order valence-corrected chi connectivity index (χ3v) is 5.09. The zero-order valence-electron chi connectivity index (χ0n) is 14.5. The number of carbonyl (C=O) groups is 1. The molecule has 4 heteroatoms. The molecule has 1 aliphatic rings. The first-order valence-corrected chi connectivity index (χ1v) is 9.51. The number of hydrogen-bond donors (Lipinski definition) is 2. The average molecular weight is 327 g/mol. The van der Waals surface area contributed by atoms with Crippen molar-refractivity contribution in [2.24, 2.45) is 5.92 Å². The number of H-pyrrole nitrogens is 1. The number of hydrogen-bond acceptors (Lipinski definition) is 2. The fourth-order valence-electron chi connectivity index (χ4n) is 3.72. The van der Waals surface area contributed by atoms with E-state index in [1.54, 1.807) is 0 Å². The number of carbonyl (C=O) groups excluding carboxylic acids is 1. The van der Waals surface area contributed by atoms with Gasteiger partial charge in [0.05, 0.1) is 11.0 Å². The number of aromatic nitrogens is 2. The number of benzene rings is 1. The Morgan fingerprint density at radius 3 is 2.83 bits per heavy atom. The van der Waals surface area contributed by atoms with Crippen LogP contribution in [0.1, 0.15) is 63.6 Å². The maximum atomic E-state index is 11.9. The summed E-state index contributed by atoms with van der Waals surface area (Å²) in [5, 5.41) is 3.07. The van der Waals surface area contributed by atoms with E-state index in [1.165, 1.54) is 38.5 Å². The minimum Gasteiger partial charge on any atom is -0.356 e. The van der Waals surface area contributed by atoms with Crippen molar-refractivity contribution in [1.82, 2.24) is 15.3 Å². The first kappa shape index (κ1) is 17.0. The predicted molar refractivity (Wildman–Crippen MR) is 97.9 cm³/mol. The van der Waals surface area contributed by atoms with Crippen LogP contribution in [0.3, 0.4) is 0 Å². The van der Waals surface area contributed by atoms with Gasteiger partial charge in [0, 0.05) is 19.4 Å². The fraction of sp³-hybridized carbons (Fsp3) is 0.600. The van der Waals surface area contributed by atoms with Crippen molar-refractivity contribution >= 4 is 16.9 Å². The van der Waals surface area contributed by atoms with Crippen molar-refractivity contribution in [2.75, 3.05) is 6.54 Å². The Morgan fingerprint density at radius 2 is 2.00 bits per heavy atom. The average Bonchev–Trinajstić information content (AvgIpc) is 3.02. The lowest BCUT2D eigenvalue weighted by Crippen LogP contribution is -2.24. The molecule has 0 aliphatic heterocycles. The normalized spacial score (nSPS) is 15.7. The Balaban J connectivity index is 1.28. The summed E-state index contributed by atoms with van der Waals surface area (Å²) in [4.78, 5) is 19.8. The molecule has 1 amide bonds. The van der Waals surface area contributed by atoms with Gasteiger partial charge in [0.2, 0.25) is 5.91 Å². The van der Waals surface area contributed by atoms with Crippen LogP contribution in [0, 0.1) is 5.92 Å². The summed E-state index contributed by atoms with van der Waals surface area (Å²) in [6, 6.07) is 8.04. The van der Waals surface area contributed by atoms with E-state index in [9.17, 15) is 4.79 Å². The van der Waals surface area contributed by atoms with E-state index in [-0.39, 0.29) is 5.91 Å². The molecule has 0 radical (unpaired) electrons. The first-order chi connectivity index (χ1) is 11.8. The summed E-state index contributed by atoms with van der Waals surface area (Å²) in [6.07, 6.45) is 11.7. The molecule has 4 nitrogen and oxygen atoms in total. The minimum absolute atomic E-state index is 0.176. The number of amides is 1. The molecule has 24 heavy (non-hydrogen) atoms. The molecule has 0 spiro atoms. The molecule has 0 bridgehead atoms. The Kier molecular flexibility index (Phi) is 6.27. The molecule has 1 fully saturated rings. The summed E-state index contributed by atoms with van der Waals surface area (Å²) in [5.74, 6) is 2.06. The van der Waals surface area contributed by atoms with Gasteiger partial charge in [-0.2, -0.15) is 0 Å². The summed E-state index contributed by atoms with van der Waals surface area (Å²) in [6.45, 7) is 0.833. The van der Waals surface area contributed by atoms with E-state index in [0.717, 1.165) is 48.6 Å². The van der Waals surface area contributed by atoms with Crippen LogP contribution < -0.4 is 5.32 Å². The molecular weight excluding hydrogens is 298 g/mol. The number of imidazole rings is 1. The van der Waals surface area contributed by atoms with Crippen molar-refractivity contribution in [2.45, 2.75) is 64.2 Å². The van der Waals surface area contributed by atoms with Gasteiger partial charge in [-0.05, 0) is 37.3 Å². The van der Waals surface area contributed by atoms with Gasteiger partial charge in [0.15, 0.2) is 0 Å². The predicted octanol–water partition coefficient (Wildman–Crippen LogP) is 4.36. The van der Waals surface area contributed by atoms with Crippen LogP contribution in [0.25, 0.3) is 11.0 Å². The highest BCUT2D eigenvalue weighted by Gasteiger charge is 2.12. The van der Waals surface area contributed by atoms with Crippen molar-refractivity contribution in [3.8, 4) is 0 Å². The molecule has 0 unspecified atom stereocenters. The SMILES string of the molecule is O=C(CCCc1nc2ccccc2[nH]1)NCCCC1CCCCC1. The molecule has 1 saturated carbocycles. The molecule has 1 aromatic heterocycles. The number of para-hydroxylation sites is 2. The lowest BCUT2D eigenvalue weighted by atomic mass is 9.86. The van der Waals surface area contributed by atoms with Gasteiger partial charge in [-0.1, -0.05) is 44.2 Å². The minimum atomic E-state index is 0.176. The number of aryl methyl sites for hydroxylation is 1. The quantitative estimate of drug-likeness (QED) is 0.708. The summed E-state index contributed by atoms with van der Waals surface area (Å²) >= 11 is 0. The lowest BCUT2D eigenvalue weighted by Gasteiger charge is -2.21. The van der Waals surface area contributed by atoms with Gasteiger partial charge in [-0.25, -0.2) is 4.98 Å². The zero-order valence-corrected chi connectivity index (χ0v) is 14.5. The van der Waals surface area contributed by atoms with Gasteiger partial charge in [0.25, 0.3) is 0 Å². The highest BCUT2D eigenvalue weighted by molar-refractivity contribution is 5.76. The monoisotopic (exact) mass is 327 g/mol. The van der Waals surface area contributed by atoms with E-state index in [4.69, 9.17) is 0 Å². The number of rotatable bonds is 8. The molecule has 130 valence electrons. The molecule has 0 saturated heterocycles. The van der Waals surface area contributed by atoms with Crippen molar-refractivity contribution < 1.29 is 4.79 Å². The summed E-state index contributed by atoms with van der Waals surface area (Å²) in [7, 11) is 0. The number of fused-ring (bicyclic) bond motifs is 1. The van der Waals surface area contributed by atoms with Crippen LogP contribution in [0.5, 0.6) is 0 Å². The number of aromatic amines is 1. The van der Waals surface area contributed by atoms with Crippen LogP contribution >= 0.6 is 0 Å². The molecule has 1 aromatic carbocycles. The van der Waals surface area contributed by atoms with Gasteiger partial charge in [-0.15, -0.1) is 0 Å². The molecule has 3 rings (SSSR count). The standard InChI is InChI=1S/C20H29N3O/c24-20(21-15-7-10-16-8-2-1-3-9-16)14-6-13-19-22-17-11-4-5-12-18(17)23-19/h4-5,11-12,16H,1-3,6-10,13-15H2,(H,21,24)(H,22,23). The molecule has 1 aliphatic carbocycles. The van der Waals surface area contributed by atoms with E-state index >= 15 is 0 Å². The van der Waals surface area contributed by atoms with Crippen molar-refractivity contribution in [1.29, 1.82) is 0 Å². The number of nitrogens with zero attached hydrogens (tertiary/aromatic N) is 1. The van der Waals surface area contributed by atoms with Crippen LogP contribution in [0.15, 0.2) is 24.3 Å². The Morgan fingerprint density at radius 1 is 1.17 bits per heavy atom. The maximum absolute atomic E-state index is 11.9. The van der Waals surface area contributed by atoms with Crippen LogP contribution in [-0.4, -0.2) is 22.4 Å². The van der Waals surface area contributed by atoms with Crippen LogP contribution in [0.2, 0.25) is 0 Å². The van der Waals surface area contributed by atoms with Crippen molar-refractivity contribution in [3.05, 3.63) is 30.1 Å². The topological polar surface area (TPSA) is 57.8 Å². The van der Waals surface area contributed by atoms with E-state index < -0.39 is 0 Å². The zero-order chi connectivity index (χ0) is 16.6. The summed E-state index contributed by atoms with van der Waals surface area (Å²) < 4.78 is 0. The van der Waals surface area contributed by atoms with Crippen molar-refractivity contribution in [3.63, 3.8) is 0 Å².